The molecule has 21 heavy (non-hydrogen) atoms. The van der Waals surface area contributed by atoms with Crippen LogP contribution in [-0.4, -0.2) is 12.5 Å². The first kappa shape index (κ1) is 13.5. The van der Waals surface area contributed by atoms with Crippen molar-refractivity contribution < 1.29 is 22.7 Å². The minimum absolute atomic E-state index is 0.438. The minimum atomic E-state index is -1.66. The van der Waals surface area contributed by atoms with Crippen molar-refractivity contribution in [2.45, 2.75) is 6.42 Å². The summed E-state index contributed by atoms with van der Waals surface area (Å²) in [4.78, 5) is 11.9. The first-order valence-corrected chi connectivity index (χ1v) is 6.27. The number of fused-ring (bicyclic) bond motifs is 1. The van der Waals surface area contributed by atoms with Gasteiger partial charge in [0.1, 0.15) is 5.75 Å². The molecule has 0 saturated carbocycles. The molecule has 108 valence electrons. The first-order valence-electron chi connectivity index (χ1n) is 6.27. The molecule has 1 N–H and O–H groups in total. The summed E-state index contributed by atoms with van der Waals surface area (Å²) in [5.74, 6) is -4.60. The van der Waals surface area contributed by atoms with E-state index in [9.17, 15) is 18.0 Å². The molecule has 0 radical (unpaired) electrons. The van der Waals surface area contributed by atoms with Crippen molar-refractivity contribution in [1.29, 1.82) is 0 Å². The predicted octanol–water partition coefficient (Wildman–Crippen LogP) is 3.29. The Hall–Kier alpha value is -2.50. The number of carbonyl (C=O) groups excluding carboxylic acids is 1. The van der Waals surface area contributed by atoms with E-state index in [1.807, 2.05) is 0 Å². The van der Waals surface area contributed by atoms with Gasteiger partial charge in [-0.3, -0.25) is 4.79 Å². The van der Waals surface area contributed by atoms with Crippen molar-refractivity contribution in [3.63, 3.8) is 0 Å². The Kier molecular flexibility index (Phi) is 3.29. The summed E-state index contributed by atoms with van der Waals surface area (Å²) >= 11 is 0. The Morgan fingerprint density at radius 3 is 2.71 bits per heavy atom. The lowest BCUT2D eigenvalue weighted by atomic mass is 10.1. The van der Waals surface area contributed by atoms with Crippen LogP contribution in [0.15, 0.2) is 30.3 Å². The smallest absolute Gasteiger partial charge is 0.258 e. The highest BCUT2D eigenvalue weighted by atomic mass is 19.2. The van der Waals surface area contributed by atoms with Crippen LogP contribution in [0.1, 0.15) is 15.9 Å². The molecule has 1 heterocycles. The number of amides is 1. The van der Waals surface area contributed by atoms with E-state index >= 15 is 0 Å². The van der Waals surface area contributed by atoms with E-state index in [1.165, 1.54) is 0 Å². The van der Waals surface area contributed by atoms with Gasteiger partial charge in [-0.05, 0) is 35.9 Å². The highest BCUT2D eigenvalue weighted by Gasteiger charge is 2.19. The molecule has 0 aromatic heterocycles. The van der Waals surface area contributed by atoms with E-state index in [0.29, 0.717) is 18.4 Å². The maximum atomic E-state index is 13.5. The zero-order valence-electron chi connectivity index (χ0n) is 10.8. The number of nitrogens with one attached hydrogen (secondary N) is 1. The SMILES string of the molecule is O=C(Nc1ccc2c(c1)CCO2)c1ccc(F)c(F)c1F. The molecular formula is C15H10F3NO2. The second-order valence-corrected chi connectivity index (χ2v) is 4.60. The summed E-state index contributed by atoms with van der Waals surface area (Å²) < 4.78 is 44.8. The molecule has 0 saturated heterocycles. The van der Waals surface area contributed by atoms with Gasteiger partial charge in [0.25, 0.3) is 5.91 Å². The number of hydrogen-bond donors (Lipinski definition) is 1. The van der Waals surface area contributed by atoms with E-state index in [-0.39, 0.29) is 0 Å². The third-order valence-corrected chi connectivity index (χ3v) is 3.23. The van der Waals surface area contributed by atoms with Gasteiger partial charge in [0.2, 0.25) is 0 Å². The lowest BCUT2D eigenvalue weighted by molar-refractivity contribution is 0.102. The van der Waals surface area contributed by atoms with E-state index < -0.39 is 28.9 Å². The van der Waals surface area contributed by atoms with E-state index in [4.69, 9.17) is 4.74 Å². The highest BCUT2D eigenvalue weighted by molar-refractivity contribution is 6.04. The normalized spacial score (nSPS) is 12.7. The number of halogens is 3. The van der Waals surface area contributed by atoms with Crippen LogP contribution in [-0.2, 0) is 6.42 Å². The average Bonchev–Trinajstić information content (AvgIpc) is 2.92. The molecule has 0 aliphatic carbocycles. The third-order valence-electron chi connectivity index (χ3n) is 3.23. The van der Waals surface area contributed by atoms with Crippen LogP contribution in [0.5, 0.6) is 5.75 Å². The zero-order chi connectivity index (χ0) is 15.0. The van der Waals surface area contributed by atoms with Gasteiger partial charge < -0.3 is 10.1 Å². The topological polar surface area (TPSA) is 38.3 Å². The summed E-state index contributed by atoms with van der Waals surface area (Å²) in [6.45, 7) is 0.574. The summed E-state index contributed by atoms with van der Waals surface area (Å²) in [7, 11) is 0. The molecule has 0 atom stereocenters. The van der Waals surface area contributed by atoms with E-state index in [1.54, 1.807) is 18.2 Å². The van der Waals surface area contributed by atoms with E-state index in [0.717, 1.165) is 23.8 Å². The largest absolute Gasteiger partial charge is 0.493 e. The van der Waals surface area contributed by atoms with Gasteiger partial charge in [-0.1, -0.05) is 0 Å². The molecule has 2 aromatic carbocycles. The van der Waals surface area contributed by atoms with Crippen molar-refractivity contribution in [1.82, 2.24) is 0 Å². The minimum Gasteiger partial charge on any atom is -0.493 e. The van der Waals surface area contributed by atoms with E-state index in [2.05, 4.69) is 5.32 Å². The standard InChI is InChI=1S/C15H10F3NO2/c16-11-3-2-10(13(17)14(11)18)15(20)19-9-1-4-12-8(7-9)5-6-21-12/h1-4,7H,5-6H2,(H,19,20). The van der Waals surface area contributed by atoms with Crippen LogP contribution in [0, 0.1) is 17.5 Å². The summed E-state index contributed by atoms with van der Waals surface area (Å²) in [6.07, 6.45) is 0.721. The van der Waals surface area contributed by atoms with Gasteiger partial charge >= 0.3 is 0 Å². The molecular weight excluding hydrogens is 283 g/mol. The van der Waals surface area contributed by atoms with Crippen LogP contribution in [0.3, 0.4) is 0 Å². The van der Waals surface area contributed by atoms with Gasteiger partial charge in [-0.2, -0.15) is 0 Å². The second-order valence-electron chi connectivity index (χ2n) is 4.60. The molecule has 0 fully saturated rings. The monoisotopic (exact) mass is 293 g/mol. The van der Waals surface area contributed by atoms with Crippen LogP contribution >= 0.6 is 0 Å². The van der Waals surface area contributed by atoms with Gasteiger partial charge in [0.15, 0.2) is 17.5 Å². The van der Waals surface area contributed by atoms with Crippen molar-refractivity contribution in [2.75, 3.05) is 11.9 Å². The van der Waals surface area contributed by atoms with Gasteiger partial charge in [-0.25, -0.2) is 13.2 Å². The number of benzene rings is 2. The highest BCUT2D eigenvalue weighted by Crippen LogP contribution is 2.28. The molecule has 2 aromatic rings. The van der Waals surface area contributed by atoms with Gasteiger partial charge in [-0.15, -0.1) is 0 Å². The fourth-order valence-corrected chi connectivity index (χ4v) is 2.16. The molecule has 0 bridgehead atoms. The zero-order valence-corrected chi connectivity index (χ0v) is 10.8. The van der Waals surface area contributed by atoms with Crippen molar-refractivity contribution in [2.24, 2.45) is 0 Å². The lowest BCUT2D eigenvalue weighted by Crippen LogP contribution is -2.15. The quantitative estimate of drug-likeness (QED) is 0.863. The Bertz CT molecular complexity index is 731. The molecule has 0 spiro atoms. The molecule has 6 heteroatoms. The average molecular weight is 293 g/mol. The first-order chi connectivity index (χ1) is 10.1. The van der Waals surface area contributed by atoms with Gasteiger partial charge in [0.05, 0.1) is 12.2 Å². The summed E-state index contributed by atoms with van der Waals surface area (Å²) in [5.41, 5.74) is 0.817. The Balaban J connectivity index is 1.85. The van der Waals surface area contributed by atoms with Crippen LogP contribution in [0.4, 0.5) is 18.9 Å². The number of ether oxygens (including phenoxy) is 1. The molecule has 3 rings (SSSR count). The number of hydrogen-bond acceptors (Lipinski definition) is 2. The predicted molar refractivity (Wildman–Crippen MR) is 69.9 cm³/mol. The summed E-state index contributed by atoms with van der Waals surface area (Å²) in [6, 6.07) is 6.61. The fraction of sp³-hybridized carbons (Fsp3) is 0.133. The second kappa shape index (κ2) is 5.12. The molecule has 1 amide bonds. The number of carbonyl (C=O) groups is 1. The summed E-state index contributed by atoms with van der Waals surface area (Å²) in [5, 5.41) is 2.45. The maximum Gasteiger partial charge on any atom is 0.258 e. The fourth-order valence-electron chi connectivity index (χ4n) is 2.16. The van der Waals surface area contributed by atoms with Crippen LogP contribution in [0.25, 0.3) is 0 Å². The van der Waals surface area contributed by atoms with Crippen LogP contribution < -0.4 is 10.1 Å². The molecule has 0 unspecified atom stereocenters. The number of anilines is 1. The van der Waals surface area contributed by atoms with Crippen LogP contribution in [0.2, 0.25) is 0 Å². The Labute approximate surface area is 118 Å². The van der Waals surface area contributed by atoms with Crippen molar-refractivity contribution in [3.05, 3.63) is 58.9 Å². The van der Waals surface area contributed by atoms with Crippen molar-refractivity contribution >= 4 is 11.6 Å². The molecule has 3 nitrogen and oxygen atoms in total. The third kappa shape index (κ3) is 2.44. The maximum absolute atomic E-state index is 13.5. The molecule has 1 aliphatic heterocycles. The molecule has 1 aliphatic rings. The Morgan fingerprint density at radius 2 is 1.90 bits per heavy atom. The lowest BCUT2D eigenvalue weighted by Gasteiger charge is -2.08. The number of rotatable bonds is 2. The van der Waals surface area contributed by atoms with Crippen molar-refractivity contribution in [3.8, 4) is 5.75 Å². The Morgan fingerprint density at radius 1 is 1.10 bits per heavy atom. The van der Waals surface area contributed by atoms with Gasteiger partial charge in [0, 0.05) is 12.1 Å².